The number of halogens is 1. The van der Waals surface area contributed by atoms with Crippen molar-refractivity contribution < 1.29 is 17.6 Å². The molecule has 1 heterocycles. The van der Waals surface area contributed by atoms with Crippen LogP contribution >= 0.6 is 0 Å². The van der Waals surface area contributed by atoms with Crippen LogP contribution in [0, 0.1) is 5.82 Å². The van der Waals surface area contributed by atoms with E-state index < -0.39 is 21.9 Å². The smallest absolute Gasteiger partial charge is 0.265 e. The molecule has 3 rings (SSSR count). The molecule has 0 aliphatic carbocycles. The van der Waals surface area contributed by atoms with Crippen LogP contribution in [0.25, 0.3) is 0 Å². The Labute approximate surface area is 159 Å². The zero-order valence-electron chi connectivity index (χ0n) is 15.2. The van der Waals surface area contributed by atoms with Crippen LogP contribution in [0.1, 0.15) is 26.2 Å². The van der Waals surface area contributed by atoms with Crippen LogP contribution in [0.2, 0.25) is 0 Å². The maximum absolute atomic E-state index is 13.3. The highest BCUT2D eigenvalue weighted by atomic mass is 32.2. The van der Waals surface area contributed by atoms with E-state index in [9.17, 15) is 17.6 Å². The van der Waals surface area contributed by atoms with E-state index >= 15 is 0 Å². The van der Waals surface area contributed by atoms with Crippen LogP contribution in [0.4, 0.5) is 10.1 Å². The van der Waals surface area contributed by atoms with Crippen LogP contribution in [0.3, 0.4) is 0 Å². The van der Waals surface area contributed by atoms with E-state index in [0.29, 0.717) is 18.8 Å². The van der Waals surface area contributed by atoms with E-state index in [2.05, 4.69) is 0 Å². The van der Waals surface area contributed by atoms with E-state index in [1.54, 1.807) is 42.2 Å². The number of rotatable bonds is 5. The number of benzene rings is 2. The van der Waals surface area contributed by atoms with Crippen LogP contribution < -0.4 is 4.31 Å². The number of amides is 1. The molecular weight excluding hydrogens is 367 g/mol. The maximum Gasteiger partial charge on any atom is 0.265 e. The third kappa shape index (κ3) is 4.13. The van der Waals surface area contributed by atoms with Gasteiger partial charge in [-0.2, -0.15) is 0 Å². The molecule has 1 saturated heterocycles. The summed E-state index contributed by atoms with van der Waals surface area (Å²) in [7, 11) is -4.03. The zero-order valence-corrected chi connectivity index (χ0v) is 16.0. The first-order valence-corrected chi connectivity index (χ1v) is 10.5. The van der Waals surface area contributed by atoms with E-state index in [1.165, 1.54) is 12.1 Å². The first kappa shape index (κ1) is 19.4. The fraction of sp³-hybridized carbons (Fsp3) is 0.350. The second-order valence-corrected chi connectivity index (χ2v) is 8.47. The standard InChI is InChI=1S/C20H23FN2O3S/c1-16(20(24)22-14-6-3-7-15-22)23(18-8-4-2-5-9-18)27(25,26)19-12-10-17(21)11-13-19/h2,4-5,8-13,16H,3,6-7,14-15H2,1H3. The summed E-state index contributed by atoms with van der Waals surface area (Å²) in [4.78, 5) is 14.7. The van der Waals surface area contributed by atoms with Crippen LogP contribution in [-0.4, -0.2) is 38.4 Å². The summed E-state index contributed by atoms with van der Waals surface area (Å²) >= 11 is 0. The maximum atomic E-state index is 13.3. The fourth-order valence-corrected chi connectivity index (χ4v) is 4.96. The fourth-order valence-electron chi connectivity index (χ4n) is 3.34. The molecule has 144 valence electrons. The summed E-state index contributed by atoms with van der Waals surface area (Å²) < 4.78 is 41.0. The number of carbonyl (C=O) groups is 1. The Hall–Kier alpha value is -2.41. The Balaban J connectivity index is 2.01. The number of carbonyl (C=O) groups excluding carboxylic acids is 1. The zero-order chi connectivity index (χ0) is 19.4. The summed E-state index contributed by atoms with van der Waals surface area (Å²) in [6.45, 7) is 2.88. The monoisotopic (exact) mass is 390 g/mol. The third-order valence-electron chi connectivity index (χ3n) is 4.76. The quantitative estimate of drug-likeness (QED) is 0.786. The molecule has 27 heavy (non-hydrogen) atoms. The minimum atomic E-state index is -4.03. The van der Waals surface area contributed by atoms with Gasteiger partial charge in [-0.05, 0) is 62.6 Å². The van der Waals surface area contributed by atoms with Crippen molar-refractivity contribution in [3.8, 4) is 0 Å². The average molecular weight is 390 g/mol. The highest BCUT2D eigenvalue weighted by Gasteiger charge is 2.35. The predicted octanol–water partition coefficient (Wildman–Crippen LogP) is 3.42. The lowest BCUT2D eigenvalue weighted by Gasteiger charge is -2.35. The average Bonchev–Trinajstić information content (AvgIpc) is 2.69. The Kier molecular flexibility index (Phi) is 5.79. The van der Waals surface area contributed by atoms with Crippen LogP contribution in [-0.2, 0) is 14.8 Å². The highest BCUT2D eigenvalue weighted by molar-refractivity contribution is 7.92. The summed E-state index contributed by atoms with van der Waals surface area (Å²) in [5, 5.41) is 0. The number of likely N-dealkylation sites (tertiary alicyclic amines) is 1. The minimum Gasteiger partial charge on any atom is -0.341 e. The van der Waals surface area contributed by atoms with Crippen molar-refractivity contribution in [2.45, 2.75) is 37.1 Å². The Bertz CT molecular complexity index is 879. The van der Waals surface area contributed by atoms with Gasteiger partial charge in [-0.1, -0.05) is 18.2 Å². The number of sulfonamides is 1. The summed E-state index contributed by atoms with van der Waals surface area (Å²) in [5.74, 6) is -0.734. The molecule has 1 fully saturated rings. The molecule has 0 aromatic heterocycles. The van der Waals surface area contributed by atoms with Gasteiger partial charge in [-0.25, -0.2) is 12.8 Å². The molecule has 2 aromatic carbocycles. The van der Waals surface area contributed by atoms with Gasteiger partial charge in [0.05, 0.1) is 10.6 Å². The van der Waals surface area contributed by atoms with Gasteiger partial charge in [-0.15, -0.1) is 0 Å². The number of anilines is 1. The van der Waals surface area contributed by atoms with Gasteiger partial charge < -0.3 is 4.90 Å². The highest BCUT2D eigenvalue weighted by Crippen LogP contribution is 2.27. The topological polar surface area (TPSA) is 57.7 Å². The van der Waals surface area contributed by atoms with Crippen molar-refractivity contribution in [1.82, 2.24) is 4.90 Å². The molecule has 1 amide bonds. The van der Waals surface area contributed by atoms with Gasteiger partial charge in [0.15, 0.2) is 0 Å². The van der Waals surface area contributed by atoms with E-state index in [4.69, 9.17) is 0 Å². The van der Waals surface area contributed by atoms with Crippen molar-refractivity contribution >= 4 is 21.6 Å². The van der Waals surface area contributed by atoms with Gasteiger partial charge in [-0.3, -0.25) is 9.10 Å². The lowest BCUT2D eigenvalue weighted by Crippen LogP contribution is -2.50. The molecule has 0 radical (unpaired) electrons. The number of nitrogens with zero attached hydrogens (tertiary/aromatic N) is 2. The number of para-hydroxylation sites is 1. The second kappa shape index (κ2) is 8.08. The molecular formula is C20H23FN2O3S. The van der Waals surface area contributed by atoms with Crippen molar-refractivity contribution in [1.29, 1.82) is 0 Å². The molecule has 0 N–H and O–H groups in total. The van der Waals surface area contributed by atoms with Crippen molar-refractivity contribution in [2.75, 3.05) is 17.4 Å². The molecule has 1 unspecified atom stereocenters. The molecule has 0 saturated carbocycles. The minimum absolute atomic E-state index is 0.0500. The van der Waals surface area contributed by atoms with Crippen molar-refractivity contribution in [3.05, 3.63) is 60.4 Å². The van der Waals surface area contributed by atoms with Gasteiger partial charge in [0.25, 0.3) is 10.0 Å². The van der Waals surface area contributed by atoms with Crippen molar-refractivity contribution in [3.63, 3.8) is 0 Å². The molecule has 1 aliphatic rings. The Morgan fingerprint density at radius 2 is 1.59 bits per heavy atom. The Morgan fingerprint density at radius 1 is 1.00 bits per heavy atom. The number of piperidine rings is 1. The normalized spacial score (nSPS) is 16.0. The first-order valence-electron chi connectivity index (χ1n) is 9.05. The molecule has 2 aromatic rings. The molecule has 5 nitrogen and oxygen atoms in total. The molecule has 1 atom stereocenters. The van der Waals surface area contributed by atoms with E-state index in [0.717, 1.165) is 35.7 Å². The SMILES string of the molecule is CC(C(=O)N1CCCCC1)N(c1ccccc1)S(=O)(=O)c1ccc(F)cc1. The molecule has 0 bridgehead atoms. The van der Waals surface area contributed by atoms with Gasteiger partial charge >= 0.3 is 0 Å². The summed E-state index contributed by atoms with van der Waals surface area (Å²) in [6.07, 6.45) is 2.93. The lowest BCUT2D eigenvalue weighted by atomic mass is 10.1. The molecule has 7 heteroatoms. The second-order valence-electron chi connectivity index (χ2n) is 6.65. The lowest BCUT2D eigenvalue weighted by molar-refractivity contribution is -0.132. The Morgan fingerprint density at radius 3 is 2.19 bits per heavy atom. The molecule has 1 aliphatic heterocycles. The molecule has 0 spiro atoms. The van der Waals surface area contributed by atoms with Crippen molar-refractivity contribution in [2.24, 2.45) is 0 Å². The largest absolute Gasteiger partial charge is 0.341 e. The van der Waals surface area contributed by atoms with Gasteiger partial charge in [0, 0.05) is 13.1 Å². The summed E-state index contributed by atoms with van der Waals surface area (Å²) in [5.41, 5.74) is 0.402. The van der Waals surface area contributed by atoms with E-state index in [1.807, 2.05) is 0 Å². The predicted molar refractivity (Wildman–Crippen MR) is 102 cm³/mol. The third-order valence-corrected chi connectivity index (χ3v) is 6.67. The number of hydrogen-bond acceptors (Lipinski definition) is 3. The van der Waals surface area contributed by atoms with Crippen LogP contribution in [0.15, 0.2) is 59.5 Å². The van der Waals surface area contributed by atoms with E-state index in [-0.39, 0.29) is 10.8 Å². The summed E-state index contributed by atoms with van der Waals surface area (Å²) in [6, 6.07) is 12.3. The van der Waals surface area contributed by atoms with Gasteiger partial charge in [0.1, 0.15) is 11.9 Å². The number of hydrogen-bond donors (Lipinski definition) is 0. The van der Waals surface area contributed by atoms with Gasteiger partial charge in [0.2, 0.25) is 5.91 Å². The first-order chi connectivity index (χ1) is 12.9. The van der Waals surface area contributed by atoms with Crippen LogP contribution in [0.5, 0.6) is 0 Å².